The lowest BCUT2D eigenvalue weighted by atomic mass is 9.83. The molecular formula is C10H22N2. The predicted molar refractivity (Wildman–Crippen MR) is 53.0 cm³/mol. The van der Waals surface area contributed by atoms with Crippen LogP contribution in [-0.4, -0.2) is 31.1 Å². The first-order valence-corrected chi connectivity index (χ1v) is 5.07. The van der Waals surface area contributed by atoms with Crippen LogP contribution in [0.2, 0.25) is 0 Å². The lowest BCUT2D eigenvalue weighted by Gasteiger charge is -2.41. The van der Waals surface area contributed by atoms with Crippen molar-refractivity contribution in [3.63, 3.8) is 0 Å². The van der Waals surface area contributed by atoms with Crippen molar-refractivity contribution < 1.29 is 0 Å². The SMILES string of the molecule is CC(C)C1C(CN)CCCN1C. The van der Waals surface area contributed by atoms with Gasteiger partial charge in [0.15, 0.2) is 0 Å². The van der Waals surface area contributed by atoms with E-state index in [0.717, 1.165) is 18.4 Å². The monoisotopic (exact) mass is 170 g/mol. The Bertz CT molecular complexity index is 134. The van der Waals surface area contributed by atoms with Crippen LogP contribution in [0.5, 0.6) is 0 Å². The molecule has 2 heteroatoms. The number of hydrogen-bond acceptors (Lipinski definition) is 2. The van der Waals surface area contributed by atoms with Crippen molar-refractivity contribution >= 4 is 0 Å². The van der Waals surface area contributed by atoms with Crippen molar-refractivity contribution in [2.45, 2.75) is 32.7 Å². The van der Waals surface area contributed by atoms with Gasteiger partial charge in [-0.15, -0.1) is 0 Å². The summed E-state index contributed by atoms with van der Waals surface area (Å²) in [5.74, 6) is 1.47. The summed E-state index contributed by atoms with van der Waals surface area (Å²) in [5.41, 5.74) is 5.77. The van der Waals surface area contributed by atoms with E-state index in [4.69, 9.17) is 5.73 Å². The molecule has 2 N–H and O–H groups in total. The molecule has 12 heavy (non-hydrogen) atoms. The summed E-state index contributed by atoms with van der Waals surface area (Å²) in [4.78, 5) is 2.48. The Kier molecular flexibility index (Phi) is 3.53. The van der Waals surface area contributed by atoms with Crippen LogP contribution in [0, 0.1) is 11.8 Å². The van der Waals surface area contributed by atoms with Gasteiger partial charge in [0.05, 0.1) is 0 Å². The predicted octanol–water partition coefficient (Wildman–Crippen LogP) is 1.31. The molecule has 1 aliphatic rings. The Morgan fingerprint density at radius 1 is 1.50 bits per heavy atom. The molecule has 0 aromatic rings. The molecule has 0 bridgehead atoms. The Morgan fingerprint density at radius 3 is 2.58 bits per heavy atom. The fourth-order valence-electron chi connectivity index (χ4n) is 2.59. The van der Waals surface area contributed by atoms with E-state index in [1.165, 1.54) is 19.4 Å². The van der Waals surface area contributed by atoms with Crippen LogP contribution >= 0.6 is 0 Å². The van der Waals surface area contributed by atoms with Gasteiger partial charge in [0.25, 0.3) is 0 Å². The minimum Gasteiger partial charge on any atom is -0.330 e. The molecule has 2 nitrogen and oxygen atoms in total. The minimum atomic E-state index is 0.712. The topological polar surface area (TPSA) is 29.3 Å². The number of rotatable bonds is 2. The van der Waals surface area contributed by atoms with Crippen LogP contribution in [0.25, 0.3) is 0 Å². The number of likely N-dealkylation sites (tertiary alicyclic amines) is 1. The molecule has 0 aromatic carbocycles. The minimum absolute atomic E-state index is 0.712. The zero-order valence-electron chi connectivity index (χ0n) is 8.59. The second-order valence-corrected chi connectivity index (χ2v) is 4.35. The molecule has 1 saturated heterocycles. The first-order valence-electron chi connectivity index (χ1n) is 5.07. The first kappa shape index (κ1) is 10.0. The molecule has 0 aromatic heterocycles. The van der Waals surface area contributed by atoms with Crippen molar-refractivity contribution in [3.8, 4) is 0 Å². The molecule has 1 aliphatic heterocycles. The summed E-state index contributed by atoms with van der Waals surface area (Å²) in [6.07, 6.45) is 2.64. The Labute approximate surface area is 76.1 Å². The van der Waals surface area contributed by atoms with Crippen molar-refractivity contribution in [3.05, 3.63) is 0 Å². The Balaban J connectivity index is 2.59. The van der Waals surface area contributed by atoms with E-state index in [2.05, 4.69) is 25.8 Å². The quantitative estimate of drug-likeness (QED) is 0.677. The molecule has 2 unspecified atom stereocenters. The maximum Gasteiger partial charge on any atom is 0.0155 e. The molecule has 72 valence electrons. The highest BCUT2D eigenvalue weighted by Gasteiger charge is 2.29. The van der Waals surface area contributed by atoms with Crippen molar-refractivity contribution in [2.75, 3.05) is 20.1 Å². The molecule has 0 aliphatic carbocycles. The van der Waals surface area contributed by atoms with Crippen molar-refractivity contribution in [1.82, 2.24) is 4.90 Å². The average Bonchev–Trinajstić information content (AvgIpc) is 2.03. The second-order valence-electron chi connectivity index (χ2n) is 4.35. The van der Waals surface area contributed by atoms with E-state index >= 15 is 0 Å². The second kappa shape index (κ2) is 4.24. The summed E-state index contributed by atoms with van der Waals surface area (Å²) >= 11 is 0. The Hall–Kier alpha value is -0.0800. The van der Waals surface area contributed by atoms with Gasteiger partial charge >= 0.3 is 0 Å². The van der Waals surface area contributed by atoms with Gasteiger partial charge in [-0.2, -0.15) is 0 Å². The van der Waals surface area contributed by atoms with Gasteiger partial charge in [-0.05, 0) is 44.8 Å². The van der Waals surface area contributed by atoms with Crippen LogP contribution < -0.4 is 5.73 Å². The smallest absolute Gasteiger partial charge is 0.0155 e. The van der Waals surface area contributed by atoms with Crippen LogP contribution in [0.15, 0.2) is 0 Å². The third-order valence-electron chi connectivity index (χ3n) is 3.06. The molecule has 0 radical (unpaired) electrons. The van der Waals surface area contributed by atoms with Gasteiger partial charge in [0.1, 0.15) is 0 Å². The summed E-state index contributed by atoms with van der Waals surface area (Å²) < 4.78 is 0. The summed E-state index contributed by atoms with van der Waals surface area (Å²) in [7, 11) is 2.23. The molecular weight excluding hydrogens is 148 g/mol. The van der Waals surface area contributed by atoms with E-state index in [1.54, 1.807) is 0 Å². The lowest BCUT2D eigenvalue weighted by Crippen LogP contribution is -2.48. The van der Waals surface area contributed by atoms with Crippen LogP contribution in [0.3, 0.4) is 0 Å². The lowest BCUT2D eigenvalue weighted by molar-refractivity contribution is 0.0880. The zero-order chi connectivity index (χ0) is 9.14. The van der Waals surface area contributed by atoms with E-state index in [1.807, 2.05) is 0 Å². The molecule has 0 spiro atoms. The number of nitrogens with zero attached hydrogens (tertiary/aromatic N) is 1. The summed E-state index contributed by atoms with van der Waals surface area (Å²) in [5, 5.41) is 0. The number of piperidine rings is 1. The van der Waals surface area contributed by atoms with Gasteiger partial charge in [-0.25, -0.2) is 0 Å². The number of nitrogens with two attached hydrogens (primary N) is 1. The fraction of sp³-hybridized carbons (Fsp3) is 1.00. The molecule has 1 rings (SSSR count). The highest BCUT2D eigenvalue weighted by molar-refractivity contribution is 4.84. The molecule has 1 fully saturated rings. The Morgan fingerprint density at radius 2 is 2.17 bits per heavy atom. The van der Waals surface area contributed by atoms with E-state index in [0.29, 0.717) is 6.04 Å². The first-order chi connectivity index (χ1) is 5.66. The largest absolute Gasteiger partial charge is 0.330 e. The van der Waals surface area contributed by atoms with Crippen LogP contribution in [-0.2, 0) is 0 Å². The maximum absolute atomic E-state index is 5.77. The van der Waals surface area contributed by atoms with E-state index in [-0.39, 0.29) is 0 Å². The normalized spacial score (nSPS) is 32.8. The molecule has 0 saturated carbocycles. The molecule has 2 atom stereocenters. The fourth-order valence-corrected chi connectivity index (χ4v) is 2.59. The van der Waals surface area contributed by atoms with Crippen molar-refractivity contribution in [2.24, 2.45) is 17.6 Å². The number of hydrogen-bond donors (Lipinski definition) is 1. The standard InChI is InChI=1S/C10H22N2/c1-8(2)10-9(7-11)5-4-6-12(10)3/h8-10H,4-7,11H2,1-3H3. The van der Waals surface area contributed by atoms with Gasteiger partial charge in [-0.1, -0.05) is 13.8 Å². The summed E-state index contributed by atoms with van der Waals surface area (Å²) in [6, 6.07) is 0.712. The molecule has 0 amide bonds. The third kappa shape index (κ3) is 1.99. The van der Waals surface area contributed by atoms with Gasteiger partial charge in [-0.3, -0.25) is 0 Å². The average molecular weight is 170 g/mol. The highest BCUT2D eigenvalue weighted by atomic mass is 15.1. The van der Waals surface area contributed by atoms with Crippen LogP contribution in [0.1, 0.15) is 26.7 Å². The third-order valence-corrected chi connectivity index (χ3v) is 3.06. The van der Waals surface area contributed by atoms with Gasteiger partial charge in [0.2, 0.25) is 0 Å². The van der Waals surface area contributed by atoms with Gasteiger partial charge < -0.3 is 10.6 Å². The van der Waals surface area contributed by atoms with Crippen molar-refractivity contribution in [1.29, 1.82) is 0 Å². The highest BCUT2D eigenvalue weighted by Crippen LogP contribution is 2.26. The van der Waals surface area contributed by atoms with E-state index < -0.39 is 0 Å². The molecule has 1 heterocycles. The maximum atomic E-state index is 5.77. The van der Waals surface area contributed by atoms with Gasteiger partial charge in [0, 0.05) is 6.04 Å². The zero-order valence-corrected chi connectivity index (χ0v) is 8.59. The van der Waals surface area contributed by atoms with Crippen LogP contribution in [0.4, 0.5) is 0 Å². The summed E-state index contributed by atoms with van der Waals surface area (Å²) in [6.45, 7) is 6.71. The van der Waals surface area contributed by atoms with E-state index in [9.17, 15) is 0 Å².